The first-order valence-corrected chi connectivity index (χ1v) is 8.43. The summed E-state index contributed by atoms with van der Waals surface area (Å²) in [4.78, 5) is 43.5. The monoisotopic (exact) mass is 402 g/mol. The highest BCUT2D eigenvalue weighted by atomic mass is 35.5. The molecule has 3 aromatic rings. The van der Waals surface area contributed by atoms with E-state index in [0.29, 0.717) is 16.8 Å². The van der Waals surface area contributed by atoms with Crippen molar-refractivity contribution in [3.05, 3.63) is 51.2 Å². The van der Waals surface area contributed by atoms with Crippen molar-refractivity contribution in [1.82, 2.24) is 19.9 Å². The number of aliphatic carboxylic acids is 1. The van der Waals surface area contributed by atoms with Crippen molar-refractivity contribution < 1.29 is 19.8 Å². The normalized spacial score (nSPS) is 10.8. The van der Waals surface area contributed by atoms with Crippen molar-refractivity contribution in [2.24, 2.45) is 7.05 Å². The predicted molar refractivity (Wildman–Crippen MR) is 102 cm³/mol. The summed E-state index contributed by atoms with van der Waals surface area (Å²) in [5, 5.41) is 21.7. The van der Waals surface area contributed by atoms with Gasteiger partial charge in [0.1, 0.15) is 17.9 Å². The summed E-state index contributed by atoms with van der Waals surface area (Å²) >= 11 is 5.87. The standard InChI is InChI=1S/C18H15ClN4O5/c1-8-6-21-18(19)22-14(8)9-3-4-11-10(5-9)15(26)13(17(28)23(11)2)16(27)20-7-12(24)25/h3-6,26H,7H2,1-2H3,(H,20,27)(H,24,25). The third kappa shape index (κ3) is 3.39. The molecule has 1 aromatic carbocycles. The Labute approximate surface area is 163 Å². The minimum Gasteiger partial charge on any atom is -0.506 e. The van der Waals surface area contributed by atoms with Crippen molar-refractivity contribution in [3.63, 3.8) is 0 Å². The van der Waals surface area contributed by atoms with Gasteiger partial charge in [0.25, 0.3) is 11.5 Å². The number of benzene rings is 1. The van der Waals surface area contributed by atoms with Crippen LogP contribution in [0.5, 0.6) is 5.75 Å². The van der Waals surface area contributed by atoms with Crippen molar-refractivity contribution >= 4 is 34.4 Å². The second-order valence-electron chi connectivity index (χ2n) is 6.07. The molecule has 0 radical (unpaired) electrons. The maximum absolute atomic E-state index is 12.5. The molecule has 1 amide bonds. The summed E-state index contributed by atoms with van der Waals surface area (Å²) in [6.07, 6.45) is 1.56. The van der Waals surface area contributed by atoms with Gasteiger partial charge in [0.2, 0.25) is 5.28 Å². The third-order valence-corrected chi connectivity index (χ3v) is 4.39. The number of aromatic nitrogens is 3. The number of halogens is 1. The van der Waals surface area contributed by atoms with Gasteiger partial charge < -0.3 is 20.1 Å². The molecule has 3 rings (SSSR count). The molecule has 0 spiro atoms. The maximum atomic E-state index is 12.5. The zero-order chi connectivity index (χ0) is 20.6. The van der Waals surface area contributed by atoms with Gasteiger partial charge in [-0.15, -0.1) is 0 Å². The van der Waals surface area contributed by atoms with E-state index in [-0.39, 0.29) is 10.7 Å². The summed E-state index contributed by atoms with van der Waals surface area (Å²) in [6.45, 7) is 1.11. The number of fused-ring (bicyclic) bond motifs is 1. The lowest BCUT2D eigenvalue weighted by Crippen LogP contribution is -2.35. The van der Waals surface area contributed by atoms with Gasteiger partial charge in [-0.1, -0.05) is 6.07 Å². The molecule has 0 saturated carbocycles. The molecule has 10 heteroatoms. The highest BCUT2D eigenvalue weighted by Gasteiger charge is 2.22. The molecule has 0 unspecified atom stereocenters. The first-order chi connectivity index (χ1) is 13.2. The van der Waals surface area contributed by atoms with Crippen LogP contribution < -0.4 is 10.9 Å². The van der Waals surface area contributed by atoms with E-state index in [4.69, 9.17) is 16.7 Å². The quantitative estimate of drug-likeness (QED) is 0.562. The molecule has 2 heterocycles. The Balaban J connectivity index is 2.23. The summed E-state index contributed by atoms with van der Waals surface area (Å²) in [7, 11) is 1.45. The number of pyridine rings is 1. The van der Waals surface area contributed by atoms with Crippen molar-refractivity contribution in [1.29, 1.82) is 0 Å². The Hall–Kier alpha value is -3.46. The Morgan fingerprint density at radius 1 is 1.32 bits per heavy atom. The molecule has 0 aliphatic rings. The molecule has 3 N–H and O–H groups in total. The van der Waals surface area contributed by atoms with Crippen molar-refractivity contribution in [2.75, 3.05) is 6.54 Å². The Morgan fingerprint density at radius 3 is 2.71 bits per heavy atom. The van der Waals surface area contributed by atoms with E-state index in [0.717, 1.165) is 5.56 Å². The fourth-order valence-corrected chi connectivity index (χ4v) is 2.97. The molecular weight excluding hydrogens is 388 g/mol. The minimum atomic E-state index is -1.27. The van der Waals surface area contributed by atoms with Crippen molar-refractivity contribution in [3.8, 4) is 17.0 Å². The molecule has 2 aromatic heterocycles. The Kier molecular flexibility index (Phi) is 5.02. The van der Waals surface area contributed by atoms with Crippen LogP contribution in [-0.2, 0) is 11.8 Å². The minimum absolute atomic E-state index is 0.0547. The van der Waals surface area contributed by atoms with Crippen LogP contribution in [0.4, 0.5) is 0 Å². The molecule has 28 heavy (non-hydrogen) atoms. The van der Waals surface area contributed by atoms with E-state index in [1.54, 1.807) is 31.3 Å². The number of carbonyl (C=O) groups excluding carboxylic acids is 1. The van der Waals surface area contributed by atoms with E-state index in [1.807, 2.05) is 0 Å². The zero-order valence-electron chi connectivity index (χ0n) is 14.9. The SMILES string of the molecule is Cc1cnc(Cl)nc1-c1ccc2c(c1)c(O)c(C(=O)NCC(=O)O)c(=O)n2C. The number of carbonyl (C=O) groups is 2. The number of carboxylic acid groups (broad SMARTS) is 1. The second kappa shape index (κ2) is 7.28. The van der Waals surface area contributed by atoms with Gasteiger partial charge in [0.15, 0.2) is 0 Å². The van der Waals surface area contributed by atoms with E-state index >= 15 is 0 Å². The van der Waals surface area contributed by atoms with Crippen LogP contribution in [0.25, 0.3) is 22.2 Å². The van der Waals surface area contributed by atoms with Crippen LogP contribution >= 0.6 is 11.6 Å². The molecule has 0 aliphatic heterocycles. The fraction of sp³-hybridized carbons (Fsp3) is 0.167. The second-order valence-corrected chi connectivity index (χ2v) is 6.40. The molecule has 0 saturated heterocycles. The maximum Gasteiger partial charge on any atom is 0.322 e. The van der Waals surface area contributed by atoms with Gasteiger partial charge in [-0.25, -0.2) is 9.97 Å². The van der Waals surface area contributed by atoms with Gasteiger partial charge in [0, 0.05) is 24.2 Å². The van der Waals surface area contributed by atoms with Gasteiger partial charge in [0.05, 0.1) is 11.2 Å². The summed E-state index contributed by atoms with van der Waals surface area (Å²) in [5.74, 6) is -2.79. The Bertz CT molecular complexity index is 1190. The highest BCUT2D eigenvalue weighted by Crippen LogP contribution is 2.31. The number of aromatic hydroxyl groups is 1. The van der Waals surface area contributed by atoms with Crippen LogP contribution in [0.2, 0.25) is 5.28 Å². The van der Waals surface area contributed by atoms with E-state index in [2.05, 4.69) is 15.3 Å². The molecule has 0 fully saturated rings. The summed E-state index contributed by atoms with van der Waals surface area (Å²) in [5.41, 5.74) is 0.978. The van der Waals surface area contributed by atoms with E-state index < -0.39 is 35.3 Å². The number of hydrogen-bond acceptors (Lipinski definition) is 6. The third-order valence-electron chi connectivity index (χ3n) is 4.21. The van der Waals surface area contributed by atoms with Crippen LogP contribution in [0.3, 0.4) is 0 Å². The molecule has 144 valence electrons. The number of carboxylic acids is 1. The van der Waals surface area contributed by atoms with Crippen LogP contribution in [0.15, 0.2) is 29.2 Å². The highest BCUT2D eigenvalue weighted by molar-refractivity contribution is 6.28. The Morgan fingerprint density at radius 2 is 2.04 bits per heavy atom. The number of hydrogen-bond donors (Lipinski definition) is 3. The van der Waals surface area contributed by atoms with Gasteiger partial charge in [-0.3, -0.25) is 14.4 Å². The summed E-state index contributed by atoms with van der Waals surface area (Å²) < 4.78 is 1.20. The number of amides is 1. The van der Waals surface area contributed by atoms with Crippen LogP contribution in [-0.4, -0.2) is 43.2 Å². The first kappa shape index (κ1) is 19.3. The van der Waals surface area contributed by atoms with Crippen molar-refractivity contribution in [2.45, 2.75) is 6.92 Å². The topological polar surface area (TPSA) is 134 Å². The molecular formula is C18H15ClN4O5. The smallest absolute Gasteiger partial charge is 0.322 e. The van der Waals surface area contributed by atoms with Crippen LogP contribution in [0.1, 0.15) is 15.9 Å². The number of rotatable bonds is 4. The van der Waals surface area contributed by atoms with E-state index in [1.165, 1.54) is 11.6 Å². The average Bonchev–Trinajstić information content (AvgIpc) is 2.66. The lowest BCUT2D eigenvalue weighted by atomic mass is 10.0. The first-order valence-electron chi connectivity index (χ1n) is 8.06. The lowest BCUT2D eigenvalue weighted by Gasteiger charge is -2.13. The number of aryl methyl sites for hydroxylation is 2. The fourth-order valence-electron chi connectivity index (χ4n) is 2.84. The predicted octanol–water partition coefficient (Wildman–Crippen LogP) is 1.48. The zero-order valence-corrected chi connectivity index (χ0v) is 15.6. The molecule has 0 atom stereocenters. The molecule has 0 aliphatic carbocycles. The number of nitrogens with one attached hydrogen (secondary N) is 1. The van der Waals surface area contributed by atoms with Gasteiger partial charge in [-0.2, -0.15) is 0 Å². The molecule has 9 nitrogen and oxygen atoms in total. The number of nitrogens with zero attached hydrogens (tertiary/aromatic N) is 3. The summed E-state index contributed by atoms with van der Waals surface area (Å²) in [6, 6.07) is 4.89. The average molecular weight is 403 g/mol. The lowest BCUT2D eigenvalue weighted by molar-refractivity contribution is -0.135. The van der Waals surface area contributed by atoms with Gasteiger partial charge >= 0.3 is 5.97 Å². The molecule has 0 bridgehead atoms. The largest absolute Gasteiger partial charge is 0.506 e. The van der Waals surface area contributed by atoms with E-state index in [9.17, 15) is 19.5 Å². The van der Waals surface area contributed by atoms with Gasteiger partial charge in [-0.05, 0) is 36.2 Å². The van der Waals surface area contributed by atoms with Crippen LogP contribution in [0, 0.1) is 6.92 Å².